The Kier molecular flexibility index (Phi) is 6.22. The van der Waals surface area contributed by atoms with Crippen molar-refractivity contribution in [1.82, 2.24) is 5.32 Å². The molecular formula is C18H28BrNS. The summed E-state index contributed by atoms with van der Waals surface area (Å²) in [6.07, 6.45) is 5.26. The Balaban J connectivity index is 2.10. The smallest absolute Gasteiger partial charge is 0.0251 e. The molecule has 21 heavy (non-hydrogen) atoms. The SMILES string of the molecule is CCC(C)(C)C1CCC(NC)C(Sc2cccc(Br)c2)C1. The Morgan fingerprint density at radius 2 is 2.10 bits per heavy atom. The Morgan fingerprint density at radius 3 is 2.71 bits per heavy atom. The third-order valence-electron chi connectivity index (χ3n) is 5.26. The van der Waals surface area contributed by atoms with Crippen molar-refractivity contribution in [1.29, 1.82) is 0 Å². The van der Waals surface area contributed by atoms with Gasteiger partial charge in [0, 0.05) is 20.7 Å². The van der Waals surface area contributed by atoms with E-state index in [1.807, 2.05) is 11.8 Å². The molecule has 1 aromatic rings. The van der Waals surface area contributed by atoms with Crippen LogP contribution in [0.3, 0.4) is 0 Å². The van der Waals surface area contributed by atoms with Crippen molar-refractivity contribution in [2.24, 2.45) is 11.3 Å². The van der Waals surface area contributed by atoms with E-state index >= 15 is 0 Å². The minimum absolute atomic E-state index is 0.467. The van der Waals surface area contributed by atoms with Crippen LogP contribution < -0.4 is 5.32 Å². The van der Waals surface area contributed by atoms with E-state index in [0.29, 0.717) is 16.7 Å². The molecule has 3 atom stereocenters. The van der Waals surface area contributed by atoms with Gasteiger partial charge < -0.3 is 5.32 Å². The molecule has 1 saturated carbocycles. The summed E-state index contributed by atoms with van der Waals surface area (Å²) in [4.78, 5) is 1.38. The maximum atomic E-state index is 3.59. The number of halogens is 1. The van der Waals surface area contributed by atoms with Gasteiger partial charge in [0.25, 0.3) is 0 Å². The second-order valence-corrected chi connectivity index (χ2v) is 9.09. The zero-order valence-corrected chi connectivity index (χ0v) is 16.1. The van der Waals surface area contributed by atoms with Gasteiger partial charge in [-0.15, -0.1) is 11.8 Å². The van der Waals surface area contributed by atoms with Crippen molar-refractivity contribution in [2.75, 3.05) is 7.05 Å². The lowest BCUT2D eigenvalue weighted by Gasteiger charge is -2.43. The van der Waals surface area contributed by atoms with Crippen molar-refractivity contribution >= 4 is 27.7 Å². The Labute approximate surface area is 142 Å². The number of nitrogens with one attached hydrogen (secondary N) is 1. The van der Waals surface area contributed by atoms with Crippen LogP contribution in [0.15, 0.2) is 33.6 Å². The zero-order valence-electron chi connectivity index (χ0n) is 13.7. The molecular weight excluding hydrogens is 342 g/mol. The molecule has 3 heteroatoms. The van der Waals surface area contributed by atoms with E-state index in [-0.39, 0.29) is 0 Å². The summed E-state index contributed by atoms with van der Waals surface area (Å²) >= 11 is 5.63. The molecule has 1 nitrogen and oxygen atoms in total. The normalized spacial score (nSPS) is 26.8. The molecule has 0 spiro atoms. The molecule has 3 unspecified atom stereocenters. The molecule has 0 amide bonds. The number of hydrogen-bond donors (Lipinski definition) is 1. The van der Waals surface area contributed by atoms with Crippen LogP contribution in [-0.4, -0.2) is 18.3 Å². The molecule has 0 saturated heterocycles. The summed E-state index contributed by atoms with van der Waals surface area (Å²) < 4.78 is 1.18. The molecule has 1 aliphatic rings. The maximum absolute atomic E-state index is 3.59. The summed E-state index contributed by atoms with van der Waals surface area (Å²) in [5, 5.41) is 4.22. The van der Waals surface area contributed by atoms with Crippen molar-refractivity contribution in [3.63, 3.8) is 0 Å². The van der Waals surface area contributed by atoms with E-state index in [2.05, 4.69) is 73.3 Å². The molecule has 118 valence electrons. The van der Waals surface area contributed by atoms with Crippen LogP contribution in [-0.2, 0) is 0 Å². The molecule has 1 aliphatic carbocycles. The van der Waals surface area contributed by atoms with E-state index in [9.17, 15) is 0 Å². The standard InChI is InChI=1S/C18H28BrNS/c1-5-18(2,3)13-9-10-16(20-4)17(11-13)21-15-8-6-7-14(19)12-15/h6-8,12-13,16-17,20H,5,9-11H2,1-4H3. The minimum atomic E-state index is 0.467. The Hall–Kier alpha value is 0.01000. The van der Waals surface area contributed by atoms with Crippen molar-refractivity contribution < 1.29 is 0 Å². The Morgan fingerprint density at radius 1 is 1.33 bits per heavy atom. The number of benzene rings is 1. The average molecular weight is 370 g/mol. The molecule has 1 N–H and O–H groups in total. The summed E-state index contributed by atoms with van der Waals surface area (Å²) in [6.45, 7) is 7.22. The third kappa shape index (κ3) is 4.49. The second kappa shape index (κ2) is 7.52. The molecule has 1 aromatic carbocycles. The van der Waals surface area contributed by atoms with Crippen LogP contribution in [0, 0.1) is 11.3 Å². The lowest BCUT2D eigenvalue weighted by atomic mass is 9.68. The van der Waals surface area contributed by atoms with E-state index < -0.39 is 0 Å². The first kappa shape index (κ1) is 17.4. The van der Waals surface area contributed by atoms with E-state index in [1.165, 1.54) is 35.1 Å². The lowest BCUT2D eigenvalue weighted by molar-refractivity contribution is 0.142. The van der Waals surface area contributed by atoms with Crippen LogP contribution in [0.5, 0.6) is 0 Å². The van der Waals surface area contributed by atoms with Gasteiger partial charge in [0.2, 0.25) is 0 Å². The fourth-order valence-corrected chi connectivity index (χ4v) is 5.32. The van der Waals surface area contributed by atoms with Crippen molar-refractivity contribution in [3.8, 4) is 0 Å². The molecule has 0 bridgehead atoms. The van der Waals surface area contributed by atoms with Gasteiger partial charge >= 0.3 is 0 Å². The lowest BCUT2D eigenvalue weighted by Crippen LogP contribution is -2.43. The summed E-state index contributed by atoms with van der Waals surface area (Å²) in [5.74, 6) is 0.844. The van der Waals surface area contributed by atoms with E-state index in [0.717, 1.165) is 5.92 Å². The van der Waals surface area contributed by atoms with Gasteiger partial charge in [-0.25, -0.2) is 0 Å². The molecule has 0 aromatic heterocycles. The first-order valence-electron chi connectivity index (χ1n) is 8.05. The quantitative estimate of drug-likeness (QED) is 0.710. The topological polar surface area (TPSA) is 12.0 Å². The first-order chi connectivity index (χ1) is 9.96. The van der Waals surface area contributed by atoms with Gasteiger partial charge in [-0.2, -0.15) is 0 Å². The minimum Gasteiger partial charge on any atom is -0.316 e. The number of thioether (sulfide) groups is 1. The predicted octanol–water partition coefficient (Wildman–Crippen LogP) is 5.73. The highest BCUT2D eigenvalue weighted by Crippen LogP contribution is 2.45. The molecule has 0 aliphatic heterocycles. The highest BCUT2D eigenvalue weighted by atomic mass is 79.9. The molecule has 1 fully saturated rings. The highest BCUT2D eigenvalue weighted by molar-refractivity contribution is 9.10. The van der Waals surface area contributed by atoms with Crippen molar-refractivity contribution in [3.05, 3.63) is 28.7 Å². The van der Waals surface area contributed by atoms with Crippen LogP contribution in [0.25, 0.3) is 0 Å². The van der Waals surface area contributed by atoms with Gasteiger partial charge in [0.05, 0.1) is 0 Å². The van der Waals surface area contributed by atoms with E-state index in [1.54, 1.807) is 0 Å². The van der Waals surface area contributed by atoms with Gasteiger partial charge in [0.15, 0.2) is 0 Å². The fourth-order valence-electron chi connectivity index (χ4n) is 3.30. The summed E-state index contributed by atoms with van der Waals surface area (Å²) in [6, 6.07) is 9.35. The molecule has 0 heterocycles. The number of rotatable bonds is 5. The van der Waals surface area contributed by atoms with Crippen molar-refractivity contribution in [2.45, 2.75) is 62.6 Å². The Bertz CT molecular complexity index is 460. The van der Waals surface area contributed by atoms with Gasteiger partial charge in [-0.05, 0) is 55.8 Å². The maximum Gasteiger partial charge on any atom is 0.0251 e. The summed E-state index contributed by atoms with van der Waals surface area (Å²) in [5.41, 5.74) is 0.467. The fraction of sp³-hybridized carbons (Fsp3) is 0.667. The molecule has 0 radical (unpaired) electrons. The highest BCUT2D eigenvalue weighted by Gasteiger charge is 2.37. The number of hydrogen-bond acceptors (Lipinski definition) is 2. The van der Waals surface area contributed by atoms with Crippen LogP contribution in [0.1, 0.15) is 46.5 Å². The summed E-state index contributed by atoms with van der Waals surface area (Å²) in [7, 11) is 2.12. The zero-order chi connectivity index (χ0) is 15.5. The molecule has 2 rings (SSSR count). The van der Waals surface area contributed by atoms with Gasteiger partial charge in [-0.1, -0.05) is 49.2 Å². The predicted molar refractivity (Wildman–Crippen MR) is 98.0 cm³/mol. The van der Waals surface area contributed by atoms with Crippen LogP contribution in [0.4, 0.5) is 0 Å². The largest absolute Gasteiger partial charge is 0.316 e. The van der Waals surface area contributed by atoms with E-state index in [4.69, 9.17) is 0 Å². The third-order valence-corrected chi connectivity index (χ3v) is 7.11. The van der Waals surface area contributed by atoms with Gasteiger partial charge in [0.1, 0.15) is 0 Å². The second-order valence-electron chi connectivity index (χ2n) is 6.86. The van der Waals surface area contributed by atoms with Crippen LogP contribution >= 0.6 is 27.7 Å². The van der Waals surface area contributed by atoms with Gasteiger partial charge in [-0.3, -0.25) is 0 Å². The monoisotopic (exact) mass is 369 g/mol. The average Bonchev–Trinajstić information content (AvgIpc) is 2.47. The first-order valence-corrected chi connectivity index (χ1v) is 9.73. The van der Waals surface area contributed by atoms with Crippen LogP contribution in [0.2, 0.25) is 0 Å².